The number of carbonyl (C=O) groups is 6. The predicted molar refractivity (Wildman–Crippen MR) is 157 cm³/mol. The van der Waals surface area contributed by atoms with E-state index in [1.54, 1.807) is 14.0 Å². The van der Waals surface area contributed by atoms with Gasteiger partial charge < -0.3 is 58.2 Å². The van der Waals surface area contributed by atoms with Crippen LogP contribution in [-0.4, -0.2) is 132 Å². The molecular weight excluding hydrogens is 538 g/mol. The van der Waals surface area contributed by atoms with Gasteiger partial charge in [0.2, 0.25) is 17.7 Å². The zero-order valence-corrected chi connectivity index (χ0v) is 25.1. The van der Waals surface area contributed by atoms with Crippen LogP contribution in [0.3, 0.4) is 0 Å². The molecule has 0 aromatic carbocycles. The van der Waals surface area contributed by atoms with Gasteiger partial charge >= 0.3 is 6.03 Å². The number of hydrogen-bond acceptors (Lipinski definition) is 11. The number of carbonyl (C=O) groups excluding carboxylic acids is 6. The predicted octanol–water partition coefficient (Wildman–Crippen LogP) is -3.60. The Kier molecular flexibility index (Phi) is 32.3. The molecule has 1 atom stereocenters. The lowest BCUT2D eigenvalue weighted by Gasteiger charge is -2.23. The first-order valence-corrected chi connectivity index (χ1v) is 13.6. The molecule has 11 N–H and O–H groups in total. The molecule has 0 aromatic heterocycles. The summed E-state index contributed by atoms with van der Waals surface area (Å²) in [5.41, 5.74) is 10.5. The third kappa shape index (κ3) is 29.6. The summed E-state index contributed by atoms with van der Waals surface area (Å²) in [6, 6.07) is -1.06. The molecule has 41 heavy (non-hydrogen) atoms. The molecule has 16 heteroatoms. The van der Waals surface area contributed by atoms with E-state index in [1.165, 1.54) is 4.90 Å². The van der Waals surface area contributed by atoms with Gasteiger partial charge in [0.1, 0.15) is 12.1 Å². The van der Waals surface area contributed by atoms with Crippen LogP contribution in [0.25, 0.3) is 0 Å². The molecule has 0 spiro atoms. The molecule has 0 aliphatic carbocycles. The van der Waals surface area contributed by atoms with Crippen LogP contribution in [0.2, 0.25) is 0 Å². The number of amides is 5. The minimum Gasteiger partial charge on any atom is -0.400 e. The summed E-state index contributed by atoms with van der Waals surface area (Å²) in [5, 5.41) is 23.1. The normalized spacial score (nSPS) is 10.4. The minimum absolute atomic E-state index is 0.114. The molecule has 240 valence electrons. The van der Waals surface area contributed by atoms with E-state index in [-0.39, 0.29) is 37.2 Å². The van der Waals surface area contributed by atoms with Crippen molar-refractivity contribution in [2.75, 3.05) is 80.1 Å². The van der Waals surface area contributed by atoms with Gasteiger partial charge in [0, 0.05) is 33.3 Å². The van der Waals surface area contributed by atoms with E-state index in [4.69, 9.17) is 16.6 Å². The second kappa shape index (κ2) is 31.3. The van der Waals surface area contributed by atoms with Crippen molar-refractivity contribution in [2.24, 2.45) is 11.5 Å². The topological polar surface area (TPSA) is 250 Å². The van der Waals surface area contributed by atoms with Crippen molar-refractivity contribution in [1.82, 2.24) is 36.8 Å². The number of nitrogens with one attached hydrogen (secondary N) is 6. The first-order chi connectivity index (χ1) is 19.6. The van der Waals surface area contributed by atoms with E-state index in [0.29, 0.717) is 58.3 Å². The van der Waals surface area contributed by atoms with Gasteiger partial charge in [0.15, 0.2) is 0 Å². The van der Waals surface area contributed by atoms with Crippen LogP contribution < -0.4 is 43.4 Å². The quantitative estimate of drug-likeness (QED) is 0.0466. The van der Waals surface area contributed by atoms with Crippen LogP contribution in [0, 0.1) is 0 Å². The Hall–Kier alpha value is -3.18. The molecule has 0 aliphatic rings. The monoisotopic (exact) mass is 591 g/mol. The Bertz CT molecular complexity index is 704. The van der Waals surface area contributed by atoms with Crippen molar-refractivity contribution in [2.45, 2.75) is 45.1 Å². The molecule has 0 saturated heterocycles. The summed E-state index contributed by atoms with van der Waals surface area (Å²) in [6.07, 6.45) is 3.86. The van der Waals surface area contributed by atoms with E-state index in [1.807, 2.05) is 7.05 Å². The minimum atomic E-state index is -0.598. The smallest absolute Gasteiger partial charge is 0.317 e. The largest absolute Gasteiger partial charge is 0.400 e. The van der Waals surface area contributed by atoms with Gasteiger partial charge in [-0.1, -0.05) is 0 Å². The molecule has 0 aromatic rings. The summed E-state index contributed by atoms with van der Waals surface area (Å²) < 4.78 is 0. The number of nitrogens with two attached hydrogens (primary N) is 2. The number of aldehydes is 1. The number of likely N-dealkylation sites (N-methyl/N-ethyl adjacent to an activating group) is 1. The Morgan fingerprint density at radius 1 is 0.756 bits per heavy atom. The fraction of sp³-hybridized carbons (Fsp3) is 0.760. The second-order valence-corrected chi connectivity index (χ2v) is 8.60. The summed E-state index contributed by atoms with van der Waals surface area (Å²) in [7, 11) is 4.60. The van der Waals surface area contributed by atoms with Gasteiger partial charge in [0.25, 0.3) is 0 Å². The van der Waals surface area contributed by atoms with Crippen molar-refractivity contribution in [3.05, 3.63) is 0 Å². The summed E-state index contributed by atoms with van der Waals surface area (Å²) >= 11 is 0. The summed E-state index contributed by atoms with van der Waals surface area (Å²) in [5.74, 6) is -0.859. The van der Waals surface area contributed by atoms with Gasteiger partial charge in [-0.05, 0) is 59.7 Å². The molecule has 0 aliphatic heterocycles. The maximum atomic E-state index is 12.6. The standard InChI is InChI=1S/C20H40N8O5.C4H9NO.CH4O/c1-23-7-3-2-6-16(15-29)27-19(32)14-26-20(33)28(10-4-8-24-17(30)12-21)11-5-9-25-18(31)13-22;1-4(6)3-5-2;1-2/h15-16,23H,2-14,21-22H2,1H3,(H,24,30)(H,25,31)(H,26,33)(H,27,32);5H,3H2,1-2H3;2H,1H3. The lowest BCUT2D eigenvalue weighted by atomic mass is 10.1. The van der Waals surface area contributed by atoms with E-state index in [9.17, 15) is 28.8 Å². The van der Waals surface area contributed by atoms with Gasteiger partial charge in [-0.25, -0.2) is 4.79 Å². The maximum absolute atomic E-state index is 12.6. The molecule has 0 bridgehead atoms. The number of aliphatic hydroxyl groups excluding tert-OH is 1. The fourth-order valence-electron chi connectivity index (χ4n) is 3.07. The Labute approximate surface area is 243 Å². The highest BCUT2D eigenvalue weighted by molar-refractivity contribution is 5.85. The average Bonchev–Trinajstić information content (AvgIpc) is 2.97. The van der Waals surface area contributed by atoms with Crippen molar-refractivity contribution in [3.8, 4) is 0 Å². The highest BCUT2D eigenvalue weighted by Gasteiger charge is 2.16. The Morgan fingerprint density at radius 3 is 1.68 bits per heavy atom. The van der Waals surface area contributed by atoms with Crippen LogP contribution in [-0.2, 0) is 24.0 Å². The van der Waals surface area contributed by atoms with Gasteiger partial charge in [-0.2, -0.15) is 0 Å². The number of nitrogens with zero attached hydrogens (tertiary/aromatic N) is 1. The van der Waals surface area contributed by atoms with Gasteiger partial charge in [0.05, 0.1) is 32.2 Å². The number of aliphatic hydroxyl groups is 1. The molecular formula is C25H53N9O7. The highest BCUT2D eigenvalue weighted by Crippen LogP contribution is 1.99. The number of urea groups is 1. The molecule has 1 unspecified atom stereocenters. The van der Waals surface area contributed by atoms with Crippen LogP contribution in [0.1, 0.15) is 39.0 Å². The average molecular weight is 592 g/mol. The third-order valence-corrected chi connectivity index (χ3v) is 5.04. The lowest BCUT2D eigenvalue weighted by molar-refractivity contribution is -0.123. The Morgan fingerprint density at radius 2 is 1.29 bits per heavy atom. The first kappa shape index (κ1) is 42.3. The van der Waals surface area contributed by atoms with Crippen molar-refractivity contribution in [1.29, 1.82) is 0 Å². The SMILES string of the molecule is CNCC(C)=O.CNCCCCC(C=O)NC(=O)CNC(=O)N(CCCNC(=O)CN)CCCNC(=O)CN.CO. The molecule has 5 amide bonds. The van der Waals surface area contributed by atoms with Gasteiger partial charge in [-0.15, -0.1) is 0 Å². The zero-order chi connectivity index (χ0) is 31.9. The van der Waals surface area contributed by atoms with Crippen molar-refractivity contribution < 1.29 is 33.9 Å². The Balaban J connectivity index is -0.00000158. The van der Waals surface area contributed by atoms with Gasteiger partial charge in [-0.3, -0.25) is 19.2 Å². The van der Waals surface area contributed by atoms with Crippen LogP contribution in [0.15, 0.2) is 0 Å². The van der Waals surface area contributed by atoms with Crippen LogP contribution in [0.5, 0.6) is 0 Å². The molecule has 16 nitrogen and oxygen atoms in total. The van der Waals surface area contributed by atoms with Crippen molar-refractivity contribution >= 4 is 35.8 Å². The summed E-state index contributed by atoms with van der Waals surface area (Å²) in [6.45, 7) is 3.71. The molecule has 0 saturated carbocycles. The number of unbranched alkanes of at least 4 members (excludes halogenated alkanes) is 1. The highest BCUT2D eigenvalue weighted by atomic mass is 16.2. The molecule has 0 radical (unpaired) electrons. The van der Waals surface area contributed by atoms with E-state index >= 15 is 0 Å². The number of hydrogen-bond donors (Lipinski definition) is 9. The number of ketones is 1. The molecule has 0 fully saturated rings. The molecule has 0 heterocycles. The third-order valence-electron chi connectivity index (χ3n) is 5.04. The van der Waals surface area contributed by atoms with Crippen molar-refractivity contribution in [3.63, 3.8) is 0 Å². The van der Waals surface area contributed by atoms with Crippen LogP contribution >= 0.6 is 0 Å². The van der Waals surface area contributed by atoms with E-state index in [2.05, 4.69) is 31.9 Å². The fourth-order valence-corrected chi connectivity index (χ4v) is 3.07. The van der Waals surface area contributed by atoms with E-state index in [0.717, 1.165) is 26.5 Å². The van der Waals surface area contributed by atoms with Crippen LogP contribution in [0.4, 0.5) is 4.79 Å². The first-order valence-electron chi connectivity index (χ1n) is 13.6. The zero-order valence-electron chi connectivity index (χ0n) is 25.1. The van der Waals surface area contributed by atoms with E-state index < -0.39 is 18.0 Å². The number of rotatable bonds is 21. The summed E-state index contributed by atoms with van der Waals surface area (Å²) in [4.78, 5) is 69.8. The second-order valence-electron chi connectivity index (χ2n) is 8.60. The lowest BCUT2D eigenvalue weighted by Crippen LogP contribution is -2.48. The molecule has 0 rings (SSSR count). The maximum Gasteiger partial charge on any atom is 0.317 e. The number of Topliss-reactive ketones (excluding diaryl/α,β-unsaturated/α-hetero) is 1.